The molecule has 0 bridgehead atoms. The molecule has 0 spiro atoms. The van der Waals surface area contributed by atoms with Crippen molar-refractivity contribution in [3.63, 3.8) is 0 Å². The predicted octanol–water partition coefficient (Wildman–Crippen LogP) is 0.257. The van der Waals surface area contributed by atoms with Crippen molar-refractivity contribution in [2.45, 2.75) is 25.2 Å². The van der Waals surface area contributed by atoms with Crippen molar-refractivity contribution in [3.05, 3.63) is 11.4 Å². The van der Waals surface area contributed by atoms with E-state index in [0.29, 0.717) is 35.3 Å². The third-order valence-electron chi connectivity index (χ3n) is 3.40. The van der Waals surface area contributed by atoms with Crippen molar-refractivity contribution >= 4 is 10.0 Å². The summed E-state index contributed by atoms with van der Waals surface area (Å²) in [5.41, 5.74) is 1.16. The van der Waals surface area contributed by atoms with E-state index in [1.165, 1.54) is 0 Å². The van der Waals surface area contributed by atoms with Crippen LogP contribution in [0.3, 0.4) is 0 Å². The molecule has 2 N–H and O–H groups in total. The van der Waals surface area contributed by atoms with Crippen LogP contribution in [0.2, 0.25) is 0 Å². The number of sulfonamides is 1. The Bertz CT molecular complexity index is 504. The molecular weight excluding hydrogens is 252 g/mol. The molecule has 1 atom stereocenters. The van der Waals surface area contributed by atoms with Crippen LogP contribution in [-0.4, -0.2) is 49.6 Å². The highest BCUT2D eigenvalue weighted by molar-refractivity contribution is 7.89. The standard InChI is InChI=1S/C11H20N4O2S/c1-8-11(9(2)14-13-8)18(16,17)15-5-4-10(7-15)6-12-3/h10,12H,4-7H2,1-3H3,(H,13,14)/t10-/m1/s1. The van der Waals surface area contributed by atoms with Gasteiger partial charge in [-0.05, 0) is 39.8 Å². The van der Waals surface area contributed by atoms with E-state index in [0.717, 1.165) is 13.0 Å². The lowest BCUT2D eigenvalue weighted by Gasteiger charge is -2.16. The zero-order chi connectivity index (χ0) is 13.3. The maximum Gasteiger partial charge on any atom is 0.246 e. The first-order valence-corrected chi connectivity index (χ1v) is 7.57. The molecule has 18 heavy (non-hydrogen) atoms. The van der Waals surface area contributed by atoms with Crippen molar-refractivity contribution < 1.29 is 8.42 Å². The van der Waals surface area contributed by atoms with E-state index >= 15 is 0 Å². The Balaban J connectivity index is 2.23. The van der Waals surface area contributed by atoms with Crippen LogP contribution in [0.25, 0.3) is 0 Å². The maximum absolute atomic E-state index is 12.5. The molecule has 1 aliphatic heterocycles. The van der Waals surface area contributed by atoms with Gasteiger partial charge in [0, 0.05) is 13.1 Å². The van der Waals surface area contributed by atoms with Crippen LogP contribution >= 0.6 is 0 Å². The minimum Gasteiger partial charge on any atom is -0.319 e. The summed E-state index contributed by atoms with van der Waals surface area (Å²) < 4.78 is 26.6. The Hall–Kier alpha value is -0.920. The van der Waals surface area contributed by atoms with Gasteiger partial charge >= 0.3 is 0 Å². The fourth-order valence-electron chi connectivity index (χ4n) is 2.52. The van der Waals surface area contributed by atoms with Gasteiger partial charge in [-0.15, -0.1) is 0 Å². The van der Waals surface area contributed by atoms with E-state index < -0.39 is 10.0 Å². The molecule has 6 nitrogen and oxygen atoms in total. The average molecular weight is 272 g/mol. The van der Waals surface area contributed by atoms with Gasteiger partial charge in [-0.2, -0.15) is 9.40 Å². The molecule has 2 rings (SSSR count). The number of nitrogens with one attached hydrogen (secondary N) is 2. The van der Waals surface area contributed by atoms with Gasteiger partial charge in [-0.25, -0.2) is 8.42 Å². The summed E-state index contributed by atoms with van der Waals surface area (Å²) in [7, 11) is -1.51. The van der Waals surface area contributed by atoms with Gasteiger partial charge in [0.05, 0.1) is 11.4 Å². The minimum absolute atomic E-state index is 0.340. The van der Waals surface area contributed by atoms with Crippen molar-refractivity contribution in [1.82, 2.24) is 19.8 Å². The van der Waals surface area contributed by atoms with E-state index in [2.05, 4.69) is 15.5 Å². The minimum atomic E-state index is -3.40. The zero-order valence-electron chi connectivity index (χ0n) is 11.0. The summed E-state index contributed by atoms with van der Waals surface area (Å²) >= 11 is 0. The first-order valence-electron chi connectivity index (χ1n) is 6.13. The Kier molecular flexibility index (Phi) is 3.74. The molecule has 102 valence electrons. The fraction of sp³-hybridized carbons (Fsp3) is 0.727. The lowest BCUT2D eigenvalue weighted by atomic mass is 10.1. The Morgan fingerprint density at radius 2 is 2.22 bits per heavy atom. The third-order valence-corrected chi connectivity index (χ3v) is 5.53. The van der Waals surface area contributed by atoms with E-state index in [-0.39, 0.29) is 0 Å². The second kappa shape index (κ2) is 4.99. The number of rotatable bonds is 4. The van der Waals surface area contributed by atoms with Crippen molar-refractivity contribution in [3.8, 4) is 0 Å². The van der Waals surface area contributed by atoms with Crippen molar-refractivity contribution in [1.29, 1.82) is 0 Å². The van der Waals surface area contributed by atoms with Gasteiger partial charge in [-0.1, -0.05) is 0 Å². The number of H-pyrrole nitrogens is 1. The van der Waals surface area contributed by atoms with E-state index in [4.69, 9.17) is 0 Å². The van der Waals surface area contributed by atoms with Crippen LogP contribution in [0.4, 0.5) is 0 Å². The molecule has 0 saturated carbocycles. The largest absolute Gasteiger partial charge is 0.319 e. The monoisotopic (exact) mass is 272 g/mol. The van der Waals surface area contributed by atoms with Gasteiger partial charge in [0.1, 0.15) is 4.90 Å². The normalized spacial score (nSPS) is 21.6. The molecule has 1 saturated heterocycles. The highest BCUT2D eigenvalue weighted by Gasteiger charge is 2.34. The van der Waals surface area contributed by atoms with Crippen molar-refractivity contribution in [2.75, 3.05) is 26.7 Å². The second-order valence-electron chi connectivity index (χ2n) is 4.84. The van der Waals surface area contributed by atoms with E-state index in [9.17, 15) is 8.42 Å². The number of nitrogens with zero attached hydrogens (tertiary/aromatic N) is 2. The SMILES string of the molecule is CNC[C@H]1CCN(S(=O)(=O)c2c(C)n[nH]c2C)C1. The quantitative estimate of drug-likeness (QED) is 0.824. The molecule has 1 aliphatic rings. The molecule has 0 radical (unpaired) electrons. The molecular formula is C11H20N4O2S. The number of hydrogen-bond acceptors (Lipinski definition) is 4. The lowest BCUT2D eigenvalue weighted by Crippen LogP contribution is -2.31. The predicted molar refractivity (Wildman–Crippen MR) is 68.9 cm³/mol. The highest BCUT2D eigenvalue weighted by Crippen LogP contribution is 2.26. The third kappa shape index (κ3) is 2.30. The van der Waals surface area contributed by atoms with Crippen LogP contribution in [0.5, 0.6) is 0 Å². The lowest BCUT2D eigenvalue weighted by molar-refractivity contribution is 0.450. The van der Waals surface area contributed by atoms with E-state index in [1.807, 2.05) is 7.05 Å². The van der Waals surface area contributed by atoms with E-state index in [1.54, 1.807) is 18.2 Å². The Morgan fingerprint density at radius 3 is 2.78 bits per heavy atom. The van der Waals surface area contributed by atoms with Crippen LogP contribution < -0.4 is 5.32 Å². The Labute approximate surface area is 108 Å². The zero-order valence-corrected chi connectivity index (χ0v) is 11.8. The number of hydrogen-bond donors (Lipinski definition) is 2. The second-order valence-corrected chi connectivity index (χ2v) is 6.71. The highest BCUT2D eigenvalue weighted by atomic mass is 32.2. The van der Waals surface area contributed by atoms with Gasteiger partial charge in [0.25, 0.3) is 0 Å². The first kappa shape index (κ1) is 13.5. The summed E-state index contributed by atoms with van der Waals surface area (Å²) in [6, 6.07) is 0. The fourth-order valence-corrected chi connectivity index (χ4v) is 4.38. The van der Waals surface area contributed by atoms with Crippen LogP contribution in [0.15, 0.2) is 4.90 Å². The summed E-state index contributed by atoms with van der Waals surface area (Å²) in [6.45, 7) is 5.51. The first-order chi connectivity index (χ1) is 8.46. The molecule has 0 aliphatic carbocycles. The van der Waals surface area contributed by atoms with Crippen LogP contribution in [0, 0.1) is 19.8 Å². The number of aryl methyl sites for hydroxylation is 2. The Morgan fingerprint density at radius 1 is 1.50 bits per heavy atom. The summed E-state index contributed by atoms with van der Waals surface area (Å²) in [5, 5.41) is 9.80. The molecule has 2 heterocycles. The van der Waals surface area contributed by atoms with Gasteiger partial charge < -0.3 is 5.32 Å². The summed E-state index contributed by atoms with van der Waals surface area (Å²) in [6.07, 6.45) is 0.913. The molecule has 0 unspecified atom stereocenters. The number of aromatic nitrogens is 2. The smallest absolute Gasteiger partial charge is 0.246 e. The van der Waals surface area contributed by atoms with Crippen LogP contribution in [0.1, 0.15) is 17.8 Å². The molecule has 0 amide bonds. The van der Waals surface area contributed by atoms with Crippen molar-refractivity contribution in [2.24, 2.45) is 5.92 Å². The molecule has 1 aromatic rings. The maximum atomic E-state index is 12.5. The number of aromatic amines is 1. The van der Waals surface area contributed by atoms with Crippen LogP contribution in [-0.2, 0) is 10.0 Å². The van der Waals surface area contributed by atoms with Gasteiger partial charge in [0.15, 0.2) is 0 Å². The topological polar surface area (TPSA) is 78.1 Å². The summed E-state index contributed by atoms with van der Waals surface area (Å²) in [5.74, 6) is 0.400. The molecule has 0 aromatic carbocycles. The van der Waals surface area contributed by atoms with Gasteiger partial charge in [0.2, 0.25) is 10.0 Å². The van der Waals surface area contributed by atoms with Gasteiger partial charge in [-0.3, -0.25) is 5.10 Å². The summed E-state index contributed by atoms with van der Waals surface area (Å²) in [4.78, 5) is 0.340. The molecule has 1 aromatic heterocycles. The molecule has 7 heteroatoms. The molecule has 1 fully saturated rings. The average Bonchev–Trinajstić information content (AvgIpc) is 2.87.